The Kier molecular flexibility index (Phi) is 3.31. The van der Waals surface area contributed by atoms with Crippen LogP contribution in [0, 0.1) is 0 Å². The summed E-state index contributed by atoms with van der Waals surface area (Å²) in [5.41, 5.74) is 0.817. The lowest BCUT2D eigenvalue weighted by molar-refractivity contribution is -0.131. The molecule has 0 amide bonds. The largest absolute Gasteiger partial charge is 0.478 e. The van der Waals surface area contributed by atoms with Gasteiger partial charge in [0.05, 0.1) is 5.69 Å². The number of nitrogens with zero attached hydrogens (tertiary/aromatic N) is 3. The lowest BCUT2D eigenvalue weighted by Crippen LogP contribution is -2.26. The predicted octanol–water partition coefficient (Wildman–Crippen LogP) is 2.65. The van der Waals surface area contributed by atoms with E-state index in [4.69, 9.17) is 5.11 Å². The molecule has 20 heavy (non-hydrogen) atoms. The second-order valence-electron chi connectivity index (χ2n) is 4.72. The van der Waals surface area contributed by atoms with E-state index >= 15 is 0 Å². The molecule has 0 saturated heterocycles. The van der Waals surface area contributed by atoms with Gasteiger partial charge < -0.3 is 10.0 Å². The van der Waals surface area contributed by atoms with Gasteiger partial charge in [-0.1, -0.05) is 6.08 Å². The van der Waals surface area contributed by atoms with E-state index in [2.05, 4.69) is 16.5 Å². The van der Waals surface area contributed by atoms with Crippen molar-refractivity contribution >= 4 is 34.2 Å². The van der Waals surface area contributed by atoms with Crippen LogP contribution in [-0.4, -0.2) is 33.0 Å². The minimum Gasteiger partial charge on any atom is -0.478 e. The summed E-state index contributed by atoms with van der Waals surface area (Å²) in [5.74, 6) is -0.112. The number of aromatic nitrogens is 2. The van der Waals surface area contributed by atoms with Crippen LogP contribution in [-0.2, 0) is 4.79 Å². The van der Waals surface area contributed by atoms with E-state index in [-0.39, 0.29) is 0 Å². The average molecular weight is 289 g/mol. The Morgan fingerprint density at radius 3 is 3.10 bits per heavy atom. The van der Waals surface area contributed by atoms with Crippen LogP contribution in [0.2, 0.25) is 0 Å². The molecule has 2 aromatic heterocycles. The van der Waals surface area contributed by atoms with Crippen molar-refractivity contribution in [3.05, 3.63) is 36.0 Å². The average Bonchev–Trinajstić information content (AvgIpc) is 3.04. The SMILES string of the molecule is C=CCN(c1nc2sccn2c1/C=C/C(=O)O)C1CC1. The Labute approximate surface area is 120 Å². The van der Waals surface area contributed by atoms with Crippen LogP contribution < -0.4 is 4.90 Å². The van der Waals surface area contributed by atoms with Gasteiger partial charge in [0.25, 0.3) is 0 Å². The fourth-order valence-electron chi connectivity index (χ4n) is 2.24. The maximum Gasteiger partial charge on any atom is 0.328 e. The van der Waals surface area contributed by atoms with Crippen LogP contribution >= 0.6 is 11.3 Å². The fraction of sp³-hybridized carbons (Fsp3) is 0.286. The van der Waals surface area contributed by atoms with Crippen molar-refractivity contribution in [2.24, 2.45) is 0 Å². The van der Waals surface area contributed by atoms with Crippen molar-refractivity contribution in [3.8, 4) is 0 Å². The van der Waals surface area contributed by atoms with Crippen molar-refractivity contribution in [2.45, 2.75) is 18.9 Å². The maximum absolute atomic E-state index is 10.8. The molecule has 2 heterocycles. The van der Waals surface area contributed by atoms with Crippen LogP contribution in [0.3, 0.4) is 0 Å². The lowest BCUT2D eigenvalue weighted by Gasteiger charge is -2.21. The van der Waals surface area contributed by atoms with Crippen LogP contribution in [0.4, 0.5) is 5.82 Å². The molecule has 1 aliphatic rings. The van der Waals surface area contributed by atoms with Gasteiger partial charge in [0.2, 0.25) is 0 Å². The second kappa shape index (κ2) is 5.13. The molecule has 5 nitrogen and oxygen atoms in total. The smallest absolute Gasteiger partial charge is 0.328 e. The molecule has 0 radical (unpaired) electrons. The summed E-state index contributed by atoms with van der Waals surface area (Å²) in [7, 11) is 0. The molecule has 1 fully saturated rings. The minimum absolute atomic E-state index is 0.495. The first-order chi connectivity index (χ1) is 9.70. The predicted molar refractivity (Wildman–Crippen MR) is 80.3 cm³/mol. The molecule has 1 aliphatic carbocycles. The Hall–Kier alpha value is -2.08. The van der Waals surface area contributed by atoms with Gasteiger partial charge in [-0.15, -0.1) is 17.9 Å². The molecule has 104 valence electrons. The van der Waals surface area contributed by atoms with Crippen LogP contribution in [0.5, 0.6) is 0 Å². The van der Waals surface area contributed by atoms with E-state index in [1.807, 2.05) is 22.1 Å². The Bertz CT molecular complexity index is 682. The summed E-state index contributed by atoms with van der Waals surface area (Å²) in [5, 5.41) is 10.8. The van der Waals surface area contributed by atoms with Crippen LogP contribution in [0.1, 0.15) is 18.5 Å². The molecule has 0 unspecified atom stereocenters. The van der Waals surface area contributed by atoms with E-state index in [0.717, 1.165) is 41.9 Å². The number of hydrogen-bond donors (Lipinski definition) is 1. The topological polar surface area (TPSA) is 57.8 Å². The van der Waals surface area contributed by atoms with Gasteiger partial charge in [-0.05, 0) is 18.9 Å². The third-order valence-electron chi connectivity index (χ3n) is 3.25. The highest BCUT2D eigenvalue weighted by Crippen LogP contribution is 2.34. The summed E-state index contributed by atoms with van der Waals surface area (Å²) in [6.07, 6.45) is 8.85. The molecule has 2 aromatic rings. The number of carbonyl (C=O) groups is 1. The summed E-state index contributed by atoms with van der Waals surface area (Å²) in [6.45, 7) is 4.52. The van der Waals surface area contributed by atoms with Crippen molar-refractivity contribution in [1.29, 1.82) is 0 Å². The molecule has 0 bridgehead atoms. The van der Waals surface area contributed by atoms with Crippen molar-refractivity contribution in [3.63, 3.8) is 0 Å². The Morgan fingerprint density at radius 2 is 2.45 bits per heavy atom. The first-order valence-electron chi connectivity index (χ1n) is 6.45. The molecule has 0 aliphatic heterocycles. The number of aliphatic carboxylic acids is 1. The number of fused-ring (bicyclic) bond motifs is 1. The van der Waals surface area contributed by atoms with Gasteiger partial charge in [-0.3, -0.25) is 4.40 Å². The lowest BCUT2D eigenvalue weighted by atomic mass is 10.3. The molecule has 3 rings (SSSR count). The third kappa shape index (κ3) is 2.34. The zero-order chi connectivity index (χ0) is 14.1. The third-order valence-corrected chi connectivity index (χ3v) is 4.01. The van der Waals surface area contributed by atoms with Crippen LogP contribution in [0.25, 0.3) is 11.0 Å². The summed E-state index contributed by atoms with van der Waals surface area (Å²) in [4.78, 5) is 18.5. The number of carboxylic acids is 1. The monoisotopic (exact) mass is 289 g/mol. The highest BCUT2D eigenvalue weighted by atomic mass is 32.1. The zero-order valence-corrected chi connectivity index (χ0v) is 11.7. The quantitative estimate of drug-likeness (QED) is 0.656. The highest BCUT2D eigenvalue weighted by molar-refractivity contribution is 7.15. The normalized spacial score (nSPS) is 15.0. The number of imidazole rings is 1. The molecule has 1 N–H and O–H groups in total. The number of rotatable bonds is 6. The summed E-state index contributed by atoms with van der Waals surface area (Å²) < 4.78 is 1.93. The summed E-state index contributed by atoms with van der Waals surface area (Å²) in [6, 6.07) is 0.495. The van der Waals surface area contributed by atoms with Gasteiger partial charge in [-0.25, -0.2) is 9.78 Å². The molecule has 0 aromatic carbocycles. The molecule has 1 saturated carbocycles. The zero-order valence-electron chi connectivity index (χ0n) is 10.9. The van der Waals surface area contributed by atoms with E-state index in [1.165, 1.54) is 0 Å². The maximum atomic E-state index is 10.8. The molecule has 0 spiro atoms. The number of anilines is 1. The molecular formula is C14H15N3O2S. The Morgan fingerprint density at radius 1 is 1.65 bits per heavy atom. The Balaban J connectivity index is 2.07. The number of hydrogen-bond acceptors (Lipinski definition) is 4. The standard InChI is InChI=1S/C14H15N3O2S/c1-2-7-16(10-3-4-10)13-11(5-6-12(18)19)17-8-9-20-14(17)15-13/h2,5-6,8-10H,1,3-4,7H2,(H,18,19)/b6-5+. The van der Waals surface area contributed by atoms with Crippen molar-refractivity contribution in [1.82, 2.24) is 9.38 Å². The van der Waals surface area contributed by atoms with Gasteiger partial charge in [-0.2, -0.15) is 0 Å². The number of thiazole rings is 1. The van der Waals surface area contributed by atoms with Gasteiger partial charge in [0, 0.05) is 30.2 Å². The van der Waals surface area contributed by atoms with E-state index in [1.54, 1.807) is 17.4 Å². The second-order valence-corrected chi connectivity index (χ2v) is 5.59. The van der Waals surface area contributed by atoms with Crippen molar-refractivity contribution < 1.29 is 9.90 Å². The minimum atomic E-state index is -0.956. The van der Waals surface area contributed by atoms with E-state index < -0.39 is 5.97 Å². The van der Waals surface area contributed by atoms with Crippen molar-refractivity contribution in [2.75, 3.05) is 11.4 Å². The van der Waals surface area contributed by atoms with E-state index in [9.17, 15) is 4.79 Å². The first kappa shape index (κ1) is 12.9. The highest BCUT2D eigenvalue weighted by Gasteiger charge is 2.31. The number of carboxylic acid groups (broad SMARTS) is 1. The van der Waals surface area contributed by atoms with E-state index in [0.29, 0.717) is 6.04 Å². The van der Waals surface area contributed by atoms with Gasteiger partial charge in [0.15, 0.2) is 10.8 Å². The molecule has 6 heteroatoms. The van der Waals surface area contributed by atoms with Crippen LogP contribution in [0.15, 0.2) is 30.3 Å². The molecular weight excluding hydrogens is 274 g/mol. The summed E-state index contributed by atoms with van der Waals surface area (Å²) >= 11 is 1.54. The fourth-order valence-corrected chi connectivity index (χ4v) is 2.96. The molecule has 0 atom stereocenters. The van der Waals surface area contributed by atoms with Gasteiger partial charge in [0.1, 0.15) is 0 Å². The first-order valence-corrected chi connectivity index (χ1v) is 7.32. The van der Waals surface area contributed by atoms with Gasteiger partial charge >= 0.3 is 5.97 Å².